The number of sulfonamides is 1. The number of nitrogens with zero attached hydrogens (tertiary/aromatic N) is 5. The average Bonchev–Trinajstić information content (AvgIpc) is 3.37. The summed E-state index contributed by atoms with van der Waals surface area (Å²) in [5.41, 5.74) is 8.61. The second-order valence-corrected chi connectivity index (χ2v) is 8.76. The van der Waals surface area contributed by atoms with Gasteiger partial charge in [-0.1, -0.05) is 52.0 Å². The van der Waals surface area contributed by atoms with Gasteiger partial charge < -0.3 is 10.2 Å². The van der Waals surface area contributed by atoms with Gasteiger partial charge in [0.1, 0.15) is 0 Å². The minimum atomic E-state index is -3.21. The number of aromatic nitrogens is 4. The molecule has 0 aliphatic carbocycles. The fourth-order valence-corrected chi connectivity index (χ4v) is 4.08. The molecule has 1 aliphatic heterocycles. The molecule has 0 atom stereocenters. The average molecular weight is 473 g/mol. The maximum Gasteiger partial charge on any atom is 0.270 e. The lowest BCUT2D eigenvalue weighted by Crippen LogP contribution is -2.35. The van der Waals surface area contributed by atoms with Crippen molar-refractivity contribution in [1.82, 2.24) is 24.5 Å². The normalized spacial score (nSPS) is 13.8. The van der Waals surface area contributed by atoms with Gasteiger partial charge in [0, 0.05) is 18.7 Å². The summed E-state index contributed by atoms with van der Waals surface area (Å²) in [7, 11) is -3.21. The van der Waals surface area contributed by atoms with Crippen molar-refractivity contribution in [2.75, 3.05) is 24.6 Å². The highest BCUT2D eigenvalue weighted by molar-refractivity contribution is 7.89. The van der Waals surface area contributed by atoms with Crippen LogP contribution in [-0.2, 0) is 10.0 Å². The maximum atomic E-state index is 12.0. The molecule has 0 fully saturated rings. The molecule has 1 aromatic carbocycles. The van der Waals surface area contributed by atoms with Gasteiger partial charge in [0.05, 0.1) is 17.6 Å². The topological polar surface area (TPSA) is 128 Å². The number of benzene rings is 1. The molecule has 9 nitrogen and oxygen atoms in total. The molecule has 2 N–H and O–H groups in total. The van der Waals surface area contributed by atoms with Gasteiger partial charge in [-0.15, -0.1) is 10.2 Å². The van der Waals surface area contributed by atoms with E-state index >= 15 is 0 Å². The molecule has 10 heteroatoms. The molecule has 0 saturated carbocycles. The van der Waals surface area contributed by atoms with Crippen LogP contribution in [0.5, 0.6) is 0 Å². The van der Waals surface area contributed by atoms with Crippen molar-refractivity contribution in [2.45, 2.75) is 41.0 Å². The van der Waals surface area contributed by atoms with Gasteiger partial charge in [-0.3, -0.25) is 0 Å². The lowest BCUT2D eigenvalue weighted by atomic mass is 10.1. The highest BCUT2D eigenvalue weighted by atomic mass is 32.2. The van der Waals surface area contributed by atoms with Crippen molar-refractivity contribution in [2.24, 2.45) is 0 Å². The van der Waals surface area contributed by atoms with Crippen LogP contribution in [0.25, 0.3) is 28.6 Å². The Kier molecular flexibility index (Phi) is 9.68. The van der Waals surface area contributed by atoms with E-state index in [4.69, 9.17) is 10.2 Å². The lowest BCUT2D eigenvalue weighted by Gasteiger charge is -2.25. The summed E-state index contributed by atoms with van der Waals surface area (Å²) < 4.78 is 31.3. The molecular weight excluding hydrogens is 440 g/mol. The van der Waals surface area contributed by atoms with Crippen LogP contribution in [0.15, 0.2) is 47.0 Å². The molecule has 3 heterocycles. The van der Waals surface area contributed by atoms with E-state index in [2.05, 4.69) is 20.2 Å². The maximum absolute atomic E-state index is 12.0. The molecule has 3 aromatic rings. The summed E-state index contributed by atoms with van der Waals surface area (Å²) in [6.45, 7) is 10.4. The van der Waals surface area contributed by atoms with Crippen molar-refractivity contribution in [3.8, 4) is 23.0 Å². The third-order valence-electron chi connectivity index (χ3n) is 4.71. The largest absolute Gasteiger partial charge is 0.414 e. The Labute approximate surface area is 195 Å². The third-order valence-corrected chi connectivity index (χ3v) is 6.56. The first-order valence-corrected chi connectivity index (χ1v) is 12.8. The van der Waals surface area contributed by atoms with Crippen molar-refractivity contribution in [3.63, 3.8) is 0 Å². The molecule has 33 heavy (non-hydrogen) atoms. The van der Waals surface area contributed by atoms with Gasteiger partial charge in [0.15, 0.2) is 11.5 Å². The molecule has 1 aliphatic rings. The van der Waals surface area contributed by atoms with Crippen LogP contribution < -0.4 is 5.73 Å². The van der Waals surface area contributed by atoms with E-state index in [1.807, 2.05) is 64.1 Å². The first-order valence-electron chi connectivity index (χ1n) is 11.2. The van der Waals surface area contributed by atoms with Crippen molar-refractivity contribution in [3.05, 3.63) is 48.3 Å². The summed E-state index contributed by atoms with van der Waals surface area (Å²) in [6, 6.07) is 9.40. The van der Waals surface area contributed by atoms with E-state index in [1.165, 1.54) is 4.31 Å². The lowest BCUT2D eigenvalue weighted by molar-refractivity contribution is 0.442. The van der Waals surface area contributed by atoms with Crippen molar-refractivity contribution >= 4 is 21.4 Å². The highest BCUT2D eigenvalue weighted by Crippen LogP contribution is 2.28. The number of hydrogen-bond acceptors (Lipinski definition) is 8. The van der Waals surface area contributed by atoms with E-state index in [0.717, 1.165) is 11.1 Å². The Morgan fingerprint density at radius 3 is 2.33 bits per heavy atom. The molecular formula is C23H32N6O3S. The summed E-state index contributed by atoms with van der Waals surface area (Å²) >= 11 is 0. The predicted molar refractivity (Wildman–Crippen MR) is 131 cm³/mol. The number of hydrogen-bond donors (Lipinski definition) is 1. The van der Waals surface area contributed by atoms with E-state index in [9.17, 15) is 8.42 Å². The zero-order valence-corrected chi connectivity index (χ0v) is 20.6. The van der Waals surface area contributed by atoms with Gasteiger partial charge in [-0.25, -0.2) is 18.4 Å². The molecule has 0 amide bonds. The number of nitrogen functional groups attached to an aromatic ring is 1. The van der Waals surface area contributed by atoms with Gasteiger partial charge in [0.2, 0.25) is 15.9 Å². The summed E-state index contributed by atoms with van der Waals surface area (Å²) in [4.78, 5) is 8.77. The highest BCUT2D eigenvalue weighted by Gasteiger charge is 2.24. The molecule has 2 aromatic heterocycles. The minimum Gasteiger partial charge on any atom is -0.414 e. The van der Waals surface area contributed by atoms with E-state index in [-0.39, 0.29) is 17.5 Å². The Bertz CT molecular complexity index is 1160. The second kappa shape index (κ2) is 12.2. The fourth-order valence-electron chi connectivity index (χ4n) is 3.05. The van der Waals surface area contributed by atoms with Gasteiger partial charge >= 0.3 is 0 Å². The standard InChI is InChI=1S/C19H20N6O3S.2C2H6/c1-2-29(26,27)25-10-8-13(9-11-25)15-12-21-17(20)16(22-15)19-24-23-18(28-19)14-6-4-3-5-7-14;2*1-2/h3-8,12H,2,9-11H2,1H3,(H2,20,21);2*1-2H3. The summed E-state index contributed by atoms with van der Waals surface area (Å²) in [5, 5.41) is 8.12. The zero-order valence-electron chi connectivity index (χ0n) is 19.8. The second-order valence-electron chi connectivity index (χ2n) is 6.51. The van der Waals surface area contributed by atoms with Crippen LogP contribution in [-0.4, -0.2) is 51.7 Å². The first-order chi connectivity index (χ1) is 16.0. The third kappa shape index (κ3) is 6.23. The summed E-state index contributed by atoms with van der Waals surface area (Å²) in [5.74, 6) is 0.818. The zero-order chi connectivity index (χ0) is 24.4. The minimum absolute atomic E-state index is 0.0862. The number of anilines is 1. The Hall–Kier alpha value is -3.11. The van der Waals surface area contributed by atoms with E-state index in [0.29, 0.717) is 36.8 Å². The number of rotatable bonds is 5. The van der Waals surface area contributed by atoms with Gasteiger partial charge in [0.25, 0.3) is 5.89 Å². The quantitative estimate of drug-likeness (QED) is 0.583. The monoisotopic (exact) mass is 472 g/mol. The van der Waals surface area contributed by atoms with Crippen molar-refractivity contribution in [1.29, 1.82) is 0 Å². The molecule has 178 valence electrons. The van der Waals surface area contributed by atoms with Crippen LogP contribution in [0.4, 0.5) is 5.82 Å². The van der Waals surface area contributed by atoms with Crippen LogP contribution in [0.3, 0.4) is 0 Å². The molecule has 0 unspecified atom stereocenters. The molecule has 0 bridgehead atoms. The molecule has 0 radical (unpaired) electrons. The first kappa shape index (κ1) is 26.1. The smallest absolute Gasteiger partial charge is 0.270 e. The predicted octanol–water partition coefficient (Wildman–Crippen LogP) is 4.27. The van der Waals surface area contributed by atoms with Crippen LogP contribution in [0.1, 0.15) is 46.7 Å². The number of nitrogens with two attached hydrogens (primary N) is 1. The molecule has 0 spiro atoms. The van der Waals surface area contributed by atoms with Gasteiger partial charge in [-0.2, -0.15) is 4.31 Å². The Balaban J connectivity index is 0.000000914. The molecule has 4 rings (SSSR count). The Morgan fingerprint density at radius 2 is 1.73 bits per heavy atom. The van der Waals surface area contributed by atoms with Crippen LogP contribution >= 0.6 is 0 Å². The molecule has 0 saturated heterocycles. The van der Waals surface area contributed by atoms with Crippen LogP contribution in [0, 0.1) is 0 Å². The Morgan fingerprint density at radius 1 is 1.06 bits per heavy atom. The van der Waals surface area contributed by atoms with Crippen LogP contribution in [0.2, 0.25) is 0 Å². The SMILES string of the molecule is CC.CC.CCS(=O)(=O)N1CC=C(c2cnc(N)c(-c3nnc(-c4ccccc4)o3)n2)CC1. The summed E-state index contributed by atoms with van der Waals surface area (Å²) in [6.07, 6.45) is 3.96. The van der Waals surface area contributed by atoms with E-state index in [1.54, 1.807) is 13.1 Å². The fraction of sp³-hybridized carbons (Fsp3) is 0.391. The van der Waals surface area contributed by atoms with Crippen molar-refractivity contribution < 1.29 is 12.8 Å². The van der Waals surface area contributed by atoms with E-state index < -0.39 is 10.0 Å². The van der Waals surface area contributed by atoms with Gasteiger partial charge in [-0.05, 0) is 31.1 Å².